The molecule has 3 atom stereocenters. The molecule has 0 aromatic heterocycles. The highest BCUT2D eigenvalue weighted by molar-refractivity contribution is 14.1. The molecule has 1 rings (SSSR count). The Labute approximate surface area is 77.9 Å². The number of rotatable bonds is 2. The normalized spacial score (nSPS) is 36.3. The Hall–Kier alpha value is 0.730. The van der Waals surface area contributed by atoms with Gasteiger partial charge in [-0.15, -0.1) is 0 Å². The van der Waals surface area contributed by atoms with Gasteiger partial charge in [-0.3, -0.25) is 0 Å². The Morgan fingerprint density at radius 2 is 2.20 bits per heavy atom. The zero-order chi connectivity index (χ0) is 7.56. The van der Waals surface area contributed by atoms with E-state index in [-0.39, 0.29) is 0 Å². The average Bonchev–Trinajstić information content (AvgIpc) is 2.34. The van der Waals surface area contributed by atoms with E-state index < -0.39 is 0 Å². The molecular formula is C9H17I. The smallest absolute Gasteiger partial charge is 0.00237 e. The van der Waals surface area contributed by atoms with E-state index in [0.29, 0.717) is 0 Å². The first-order valence-corrected chi connectivity index (χ1v) is 5.82. The van der Waals surface area contributed by atoms with E-state index in [1.165, 1.54) is 23.7 Å². The summed E-state index contributed by atoms with van der Waals surface area (Å²) in [5.41, 5.74) is 0. The fourth-order valence-electron chi connectivity index (χ4n) is 1.89. The topological polar surface area (TPSA) is 0 Å². The van der Waals surface area contributed by atoms with Gasteiger partial charge in [-0.2, -0.15) is 0 Å². The first kappa shape index (κ1) is 8.82. The lowest BCUT2D eigenvalue weighted by Crippen LogP contribution is -2.08. The summed E-state index contributed by atoms with van der Waals surface area (Å²) in [5.74, 6) is 3.02. The van der Waals surface area contributed by atoms with Gasteiger partial charge in [0, 0.05) is 4.43 Å². The Bertz CT molecular complexity index is 101. The Morgan fingerprint density at radius 3 is 2.60 bits per heavy atom. The van der Waals surface area contributed by atoms with Gasteiger partial charge in [-0.25, -0.2) is 0 Å². The van der Waals surface area contributed by atoms with Crippen molar-refractivity contribution < 1.29 is 0 Å². The second-order valence-electron chi connectivity index (χ2n) is 3.81. The van der Waals surface area contributed by atoms with Crippen molar-refractivity contribution in [3.05, 3.63) is 0 Å². The summed E-state index contributed by atoms with van der Waals surface area (Å²) < 4.78 is 1.34. The molecule has 0 bridgehead atoms. The summed E-state index contributed by atoms with van der Waals surface area (Å²) in [6, 6.07) is 0. The molecule has 0 unspecified atom stereocenters. The third kappa shape index (κ3) is 2.11. The van der Waals surface area contributed by atoms with Crippen LogP contribution < -0.4 is 0 Å². The summed E-state index contributed by atoms with van der Waals surface area (Å²) in [4.78, 5) is 0. The standard InChI is InChI=1S/C9H17I/c1-7-3-4-9(5-7)8(2)6-10/h7-9H,3-6H2,1-2H3/t7-,8+,9-/m0/s1. The molecule has 0 nitrogen and oxygen atoms in total. The van der Waals surface area contributed by atoms with Crippen LogP contribution in [0.15, 0.2) is 0 Å². The van der Waals surface area contributed by atoms with Gasteiger partial charge in [-0.1, -0.05) is 42.9 Å². The van der Waals surface area contributed by atoms with Crippen molar-refractivity contribution in [3.8, 4) is 0 Å². The second-order valence-corrected chi connectivity index (χ2v) is 4.69. The molecule has 1 fully saturated rings. The Morgan fingerprint density at radius 1 is 1.50 bits per heavy atom. The largest absolute Gasteiger partial charge is 0.0861 e. The number of hydrogen-bond acceptors (Lipinski definition) is 0. The molecule has 0 aliphatic heterocycles. The second kappa shape index (κ2) is 3.93. The predicted octanol–water partition coefficient (Wildman–Crippen LogP) is 3.49. The molecule has 10 heavy (non-hydrogen) atoms. The summed E-state index contributed by atoms with van der Waals surface area (Å²) >= 11 is 2.51. The molecule has 0 amide bonds. The van der Waals surface area contributed by atoms with Gasteiger partial charge < -0.3 is 0 Å². The molecular weight excluding hydrogens is 235 g/mol. The van der Waals surface area contributed by atoms with Gasteiger partial charge in [0.2, 0.25) is 0 Å². The molecule has 1 heteroatoms. The maximum atomic E-state index is 2.51. The van der Waals surface area contributed by atoms with Crippen LogP contribution in [-0.2, 0) is 0 Å². The maximum Gasteiger partial charge on any atom is 0.00237 e. The van der Waals surface area contributed by atoms with Crippen molar-refractivity contribution in [1.29, 1.82) is 0 Å². The Kier molecular flexibility index (Phi) is 3.47. The zero-order valence-corrected chi connectivity index (χ0v) is 9.10. The van der Waals surface area contributed by atoms with Crippen molar-refractivity contribution in [2.45, 2.75) is 33.1 Å². The molecule has 1 saturated carbocycles. The van der Waals surface area contributed by atoms with Gasteiger partial charge in [0.1, 0.15) is 0 Å². The number of alkyl halides is 1. The fourth-order valence-corrected chi connectivity index (χ4v) is 2.61. The lowest BCUT2D eigenvalue weighted by Gasteiger charge is -2.15. The lowest BCUT2D eigenvalue weighted by atomic mass is 9.94. The third-order valence-corrected chi connectivity index (χ3v) is 4.17. The summed E-state index contributed by atoms with van der Waals surface area (Å²) in [6.07, 6.45) is 4.46. The van der Waals surface area contributed by atoms with E-state index in [1.807, 2.05) is 0 Å². The quantitative estimate of drug-likeness (QED) is 0.521. The van der Waals surface area contributed by atoms with Crippen molar-refractivity contribution >= 4 is 22.6 Å². The van der Waals surface area contributed by atoms with Gasteiger partial charge in [-0.05, 0) is 30.6 Å². The maximum absolute atomic E-state index is 2.51. The summed E-state index contributed by atoms with van der Waals surface area (Å²) in [7, 11) is 0. The molecule has 1 aliphatic rings. The van der Waals surface area contributed by atoms with Gasteiger partial charge >= 0.3 is 0 Å². The molecule has 0 saturated heterocycles. The van der Waals surface area contributed by atoms with E-state index in [2.05, 4.69) is 36.4 Å². The molecule has 0 radical (unpaired) electrons. The van der Waals surface area contributed by atoms with Crippen LogP contribution in [0.4, 0.5) is 0 Å². The molecule has 1 aliphatic carbocycles. The minimum atomic E-state index is 0.963. The highest BCUT2D eigenvalue weighted by atomic mass is 127. The average molecular weight is 252 g/mol. The van der Waals surface area contributed by atoms with Crippen LogP contribution in [0.3, 0.4) is 0 Å². The van der Waals surface area contributed by atoms with Crippen LogP contribution in [-0.4, -0.2) is 4.43 Å². The van der Waals surface area contributed by atoms with E-state index in [4.69, 9.17) is 0 Å². The van der Waals surface area contributed by atoms with Crippen LogP contribution in [0.5, 0.6) is 0 Å². The van der Waals surface area contributed by atoms with Crippen LogP contribution in [0, 0.1) is 17.8 Å². The van der Waals surface area contributed by atoms with Crippen molar-refractivity contribution in [2.24, 2.45) is 17.8 Å². The molecule has 0 spiro atoms. The van der Waals surface area contributed by atoms with Crippen LogP contribution >= 0.6 is 22.6 Å². The highest BCUT2D eigenvalue weighted by Crippen LogP contribution is 2.35. The van der Waals surface area contributed by atoms with Gasteiger partial charge in [0.15, 0.2) is 0 Å². The monoisotopic (exact) mass is 252 g/mol. The predicted molar refractivity (Wildman–Crippen MR) is 54.6 cm³/mol. The van der Waals surface area contributed by atoms with Gasteiger partial charge in [0.05, 0.1) is 0 Å². The summed E-state index contributed by atoms with van der Waals surface area (Å²) in [5, 5.41) is 0. The number of hydrogen-bond donors (Lipinski definition) is 0. The number of halogens is 1. The van der Waals surface area contributed by atoms with Crippen molar-refractivity contribution in [3.63, 3.8) is 0 Å². The van der Waals surface area contributed by atoms with Crippen LogP contribution in [0.2, 0.25) is 0 Å². The van der Waals surface area contributed by atoms with Crippen LogP contribution in [0.1, 0.15) is 33.1 Å². The van der Waals surface area contributed by atoms with E-state index in [9.17, 15) is 0 Å². The molecule has 60 valence electrons. The molecule has 0 heterocycles. The van der Waals surface area contributed by atoms with Crippen LogP contribution in [0.25, 0.3) is 0 Å². The zero-order valence-electron chi connectivity index (χ0n) is 6.94. The SMILES string of the molecule is C[C@H]1CC[C@H]([C@H](C)CI)C1. The first-order chi connectivity index (χ1) is 4.74. The minimum Gasteiger partial charge on any atom is -0.0861 e. The minimum absolute atomic E-state index is 0.963. The molecule has 0 N–H and O–H groups in total. The van der Waals surface area contributed by atoms with E-state index >= 15 is 0 Å². The Balaban J connectivity index is 2.29. The molecule has 0 aromatic carbocycles. The van der Waals surface area contributed by atoms with Crippen molar-refractivity contribution in [1.82, 2.24) is 0 Å². The van der Waals surface area contributed by atoms with Crippen molar-refractivity contribution in [2.75, 3.05) is 4.43 Å². The van der Waals surface area contributed by atoms with Gasteiger partial charge in [0.25, 0.3) is 0 Å². The van der Waals surface area contributed by atoms with E-state index in [0.717, 1.165) is 17.8 Å². The molecule has 0 aromatic rings. The highest BCUT2D eigenvalue weighted by Gasteiger charge is 2.24. The van der Waals surface area contributed by atoms with E-state index in [1.54, 1.807) is 0 Å². The first-order valence-electron chi connectivity index (χ1n) is 4.30. The summed E-state index contributed by atoms with van der Waals surface area (Å²) in [6.45, 7) is 4.79. The third-order valence-electron chi connectivity index (χ3n) is 2.78. The lowest BCUT2D eigenvalue weighted by molar-refractivity contribution is 0.394. The fraction of sp³-hybridized carbons (Fsp3) is 1.00.